The molecule has 1 aliphatic carbocycles. The van der Waals surface area contributed by atoms with Gasteiger partial charge < -0.3 is 9.47 Å². The van der Waals surface area contributed by atoms with Crippen molar-refractivity contribution in [1.82, 2.24) is 5.43 Å². The van der Waals surface area contributed by atoms with Gasteiger partial charge in [-0.3, -0.25) is 4.79 Å². The molecule has 0 aliphatic heterocycles. The van der Waals surface area contributed by atoms with Gasteiger partial charge in [-0.2, -0.15) is 5.10 Å². The van der Waals surface area contributed by atoms with Crippen LogP contribution >= 0.6 is 0 Å². The summed E-state index contributed by atoms with van der Waals surface area (Å²) in [6, 6.07) is 5.06. The van der Waals surface area contributed by atoms with E-state index in [4.69, 9.17) is 9.47 Å². The number of rotatable bonds is 4. The Balaban J connectivity index is 2.02. The summed E-state index contributed by atoms with van der Waals surface area (Å²) < 4.78 is 10.3. The lowest BCUT2D eigenvalue weighted by molar-refractivity contribution is 0.0954. The summed E-state index contributed by atoms with van der Waals surface area (Å²) in [5.74, 6) is 1.65. The lowest BCUT2D eigenvalue weighted by Crippen LogP contribution is -2.21. The minimum absolute atomic E-state index is 0.234. The number of amides is 1. The fraction of sp³-hybridized carbons (Fsp3) is 0.500. The quantitative estimate of drug-likeness (QED) is 0.867. The smallest absolute Gasteiger partial charge is 0.271 e. The minimum Gasteiger partial charge on any atom is -0.493 e. The second kappa shape index (κ2) is 7.11. The van der Waals surface area contributed by atoms with Gasteiger partial charge in [0.25, 0.3) is 5.91 Å². The van der Waals surface area contributed by atoms with Crippen molar-refractivity contribution in [2.75, 3.05) is 14.2 Å². The molecule has 0 heterocycles. The Morgan fingerprint density at radius 2 is 1.86 bits per heavy atom. The summed E-state index contributed by atoms with van der Waals surface area (Å²) in [4.78, 5) is 12.1. The van der Waals surface area contributed by atoms with E-state index < -0.39 is 0 Å². The van der Waals surface area contributed by atoms with Gasteiger partial charge in [0.2, 0.25) is 0 Å². The monoisotopic (exact) mass is 290 g/mol. The van der Waals surface area contributed by atoms with E-state index in [0.717, 1.165) is 37.3 Å². The summed E-state index contributed by atoms with van der Waals surface area (Å²) in [6.07, 6.45) is 4.22. The Labute approximate surface area is 125 Å². The number of carbonyl (C=O) groups excluding carboxylic acids is 1. The van der Waals surface area contributed by atoms with Gasteiger partial charge in [-0.15, -0.1) is 0 Å². The average molecular weight is 290 g/mol. The molecule has 2 rings (SSSR count). The van der Waals surface area contributed by atoms with Gasteiger partial charge in [0.05, 0.1) is 14.2 Å². The Bertz CT molecular complexity index is 530. The number of hydrazone groups is 1. The maximum Gasteiger partial charge on any atom is 0.271 e. The fourth-order valence-electron chi connectivity index (χ4n) is 2.38. The maximum absolute atomic E-state index is 12.1. The van der Waals surface area contributed by atoms with Crippen LogP contribution in [-0.4, -0.2) is 25.8 Å². The van der Waals surface area contributed by atoms with E-state index >= 15 is 0 Å². The third-order valence-corrected chi connectivity index (χ3v) is 3.81. The first-order valence-electron chi connectivity index (χ1n) is 7.22. The third kappa shape index (κ3) is 3.97. The van der Waals surface area contributed by atoms with Crippen LogP contribution in [0.5, 0.6) is 11.5 Å². The van der Waals surface area contributed by atoms with Crippen LogP contribution in [0.3, 0.4) is 0 Å². The van der Waals surface area contributed by atoms with Crippen LogP contribution in [0, 0.1) is 5.92 Å². The van der Waals surface area contributed by atoms with Crippen molar-refractivity contribution >= 4 is 11.6 Å². The minimum atomic E-state index is -0.234. The molecular weight excluding hydrogens is 268 g/mol. The zero-order chi connectivity index (χ0) is 15.2. The molecule has 114 valence electrons. The largest absolute Gasteiger partial charge is 0.493 e. The molecule has 1 amide bonds. The standard InChI is InChI=1S/C16H22N2O3/c1-11-4-7-13(8-5-11)17-18-16(19)12-6-9-14(20-2)15(10-12)21-3/h6,9-11H,4-5,7-8H2,1-3H3,(H,18,19). The molecular formula is C16H22N2O3. The molecule has 1 aliphatic rings. The first kappa shape index (κ1) is 15.4. The summed E-state index contributed by atoms with van der Waals surface area (Å²) in [5.41, 5.74) is 4.20. The Hall–Kier alpha value is -2.04. The molecule has 0 bridgehead atoms. The lowest BCUT2D eigenvalue weighted by Gasteiger charge is -2.18. The Morgan fingerprint density at radius 3 is 2.48 bits per heavy atom. The van der Waals surface area contributed by atoms with Gasteiger partial charge in [-0.1, -0.05) is 6.92 Å². The highest BCUT2D eigenvalue weighted by atomic mass is 16.5. The number of benzene rings is 1. The predicted molar refractivity (Wildman–Crippen MR) is 82.1 cm³/mol. The second-order valence-corrected chi connectivity index (χ2v) is 5.37. The van der Waals surface area contributed by atoms with Crippen molar-refractivity contribution in [1.29, 1.82) is 0 Å². The molecule has 0 atom stereocenters. The lowest BCUT2D eigenvalue weighted by atomic mass is 9.90. The van der Waals surface area contributed by atoms with Crippen molar-refractivity contribution < 1.29 is 14.3 Å². The number of ether oxygens (including phenoxy) is 2. The number of nitrogens with one attached hydrogen (secondary N) is 1. The second-order valence-electron chi connectivity index (χ2n) is 5.37. The SMILES string of the molecule is COc1ccc(C(=O)NN=C2CCC(C)CC2)cc1OC. The molecule has 0 aromatic heterocycles. The van der Waals surface area contributed by atoms with Gasteiger partial charge in [-0.25, -0.2) is 5.43 Å². The van der Waals surface area contributed by atoms with Crippen molar-refractivity contribution in [2.45, 2.75) is 32.6 Å². The molecule has 1 aromatic carbocycles. The predicted octanol–water partition coefficient (Wildman–Crippen LogP) is 3.00. The molecule has 21 heavy (non-hydrogen) atoms. The molecule has 1 fully saturated rings. The van der Waals surface area contributed by atoms with Gasteiger partial charge >= 0.3 is 0 Å². The van der Waals surface area contributed by atoms with E-state index in [9.17, 15) is 4.79 Å². The molecule has 0 radical (unpaired) electrons. The molecule has 1 saturated carbocycles. The number of carbonyl (C=O) groups is 1. The first-order valence-corrected chi connectivity index (χ1v) is 7.22. The highest BCUT2D eigenvalue weighted by Gasteiger charge is 2.14. The highest BCUT2D eigenvalue weighted by Crippen LogP contribution is 2.27. The van der Waals surface area contributed by atoms with Crippen molar-refractivity contribution in [3.05, 3.63) is 23.8 Å². The number of hydrogen-bond donors (Lipinski definition) is 1. The van der Waals surface area contributed by atoms with Crippen molar-refractivity contribution in [2.24, 2.45) is 11.0 Å². The van der Waals surface area contributed by atoms with E-state index in [1.807, 2.05) is 0 Å². The topological polar surface area (TPSA) is 59.9 Å². The Morgan fingerprint density at radius 1 is 1.19 bits per heavy atom. The maximum atomic E-state index is 12.1. The molecule has 0 spiro atoms. The molecule has 5 nitrogen and oxygen atoms in total. The molecule has 0 unspecified atom stereocenters. The average Bonchev–Trinajstić information content (AvgIpc) is 2.53. The number of nitrogens with zero attached hydrogens (tertiary/aromatic N) is 1. The van der Waals surface area contributed by atoms with Crippen LogP contribution in [0.25, 0.3) is 0 Å². The van der Waals surface area contributed by atoms with Gasteiger partial charge in [0.1, 0.15) is 0 Å². The summed E-state index contributed by atoms with van der Waals surface area (Å²) in [7, 11) is 3.11. The van der Waals surface area contributed by atoms with E-state index in [2.05, 4.69) is 17.5 Å². The summed E-state index contributed by atoms with van der Waals surface area (Å²) in [6.45, 7) is 2.25. The van der Waals surface area contributed by atoms with Crippen LogP contribution in [0.1, 0.15) is 43.0 Å². The van der Waals surface area contributed by atoms with E-state index in [1.165, 1.54) is 0 Å². The molecule has 1 N–H and O–H groups in total. The van der Waals surface area contributed by atoms with Crippen LogP contribution in [-0.2, 0) is 0 Å². The van der Waals surface area contributed by atoms with Crippen LogP contribution in [0.2, 0.25) is 0 Å². The third-order valence-electron chi connectivity index (χ3n) is 3.81. The highest BCUT2D eigenvalue weighted by molar-refractivity contribution is 5.96. The van der Waals surface area contributed by atoms with Crippen LogP contribution in [0.4, 0.5) is 0 Å². The summed E-state index contributed by atoms with van der Waals surface area (Å²) >= 11 is 0. The molecule has 0 saturated heterocycles. The van der Waals surface area contributed by atoms with Crippen LogP contribution < -0.4 is 14.9 Å². The normalized spacial score (nSPS) is 18.0. The molecule has 1 aromatic rings. The van der Waals surface area contributed by atoms with Gasteiger partial charge in [-0.05, 0) is 49.8 Å². The van der Waals surface area contributed by atoms with Crippen molar-refractivity contribution in [3.8, 4) is 11.5 Å². The van der Waals surface area contributed by atoms with E-state index in [1.54, 1.807) is 32.4 Å². The van der Waals surface area contributed by atoms with Gasteiger partial charge in [0.15, 0.2) is 11.5 Å². The van der Waals surface area contributed by atoms with Crippen molar-refractivity contribution in [3.63, 3.8) is 0 Å². The molecule has 5 heteroatoms. The first-order chi connectivity index (χ1) is 10.1. The fourth-order valence-corrected chi connectivity index (χ4v) is 2.38. The zero-order valence-electron chi connectivity index (χ0n) is 12.8. The number of hydrogen-bond acceptors (Lipinski definition) is 4. The van der Waals surface area contributed by atoms with Crippen LogP contribution in [0.15, 0.2) is 23.3 Å². The zero-order valence-corrected chi connectivity index (χ0v) is 12.8. The van der Waals surface area contributed by atoms with E-state index in [-0.39, 0.29) is 5.91 Å². The summed E-state index contributed by atoms with van der Waals surface area (Å²) in [5, 5.41) is 4.24. The number of methoxy groups -OCH3 is 2. The van der Waals surface area contributed by atoms with Gasteiger partial charge in [0, 0.05) is 11.3 Å². The Kier molecular flexibility index (Phi) is 5.20. The van der Waals surface area contributed by atoms with E-state index in [0.29, 0.717) is 17.1 Å².